The smallest absolute Gasteiger partial charge is 0.262 e. The summed E-state index contributed by atoms with van der Waals surface area (Å²) in [5.41, 5.74) is 0.326. The molecule has 1 aromatic rings. The van der Waals surface area contributed by atoms with E-state index in [4.69, 9.17) is 16.3 Å². The first-order valence-electron chi connectivity index (χ1n) is 5.59. The van der Waals surface area contributed by atoms with Crippen LogP contribution < -0.4 is 4.90 Å². The van der Waals surface area contributed by atoms with Gasteiger partial charge in [-0.3, -0.25) is 9.59 Å². The SMILES string of the molecule is O=C1C2CCC(O2)C(=O)N1c1ccc(Cl)c(O)c1. The number of benzene rings is 1. The molecule has 2 saturated heterocycles. The van der Waals surface area contributed by atoms with Gasteiger partial charge >= 0.3 is 0 Å². The molecule has 0 aliphatic carbocycles. The molecule has 1 aromatic carbocycles. The van der Waals surface area contributed by atoms with Gasteiger partial charge in [0.1, 0.15) is 18.0 Å². The highest BCUT2D eigenvalue weighted by Crippen LogP contribution is 2.34. The zero-order chi connectivity index (χ0) is 12.9. The fourth-order valence-corrected chi connectivity index (χ4v) is 2.41. The Morgan fingerprint density at radius 3 is 2.39 bits per heavy atom. The van der Waals surface area contributed by atoms with Crippen molar-refractivity contribution in [1.29, 1.82) is 0 Å². The zero-order valence-electron chi connectivity index (χ0n) is 9.30. The molecule has 2 atom stereocenters. The topological polar surface area (TPSA) is 66.8 Å². The molecule has 2 fully saturated rings. The molecule has 2 aliphatic rings. The number of carbonyl (C=O) groups excluding carboxylic acids is 2. The van der Waals surface area contributed by atoms with Crippen molar-refractivity contribution in [3.8, 4) is 5.75 Å². The average molecular weight is 268 g/mol. The van der Waals surface area contributed by atoms with Crippen molar-refractivity contribution in [3.05, 3.63) is 23.2 Å². The van der Waals surface area contributed by atoms with Crippen LogP contribution in [0.25, 0.3) is 0 Å². The van der Waals surface area contributed by atoms with Crippen molar-refractivity contribution in [2.24, 2.45) is 0 Å². The largest absolute Gasteiger partial charge is 0.506 e. The molecule has 5 nitrogen and oxygen atoms in total. The Morgan fingerprint density at radius 2 is 1.83 bits per heavy atom. The van der Waals surface area contributed by atoms with E-state index in [9.17, 15) is 14.7 Å². The second-order valence-corrected chi connectivity index (χ2v) is 4.75. The normalized spacial score (nSPS) is 26.8. The first kappa shape index (κ1) is 11.5. The van der Waals surface area contributed by atoms with Gasteiger partial charge in [0.15, 0.2) is 0 Å². The third-order valence-corrected chi connectivity index (χ3v) is 3.52. The molecule has 6 heteroatoms. The number of halogens is 1. The van der Waals surface area contributed by atoms with Crippen LogP contribution in [0.4, 0.5) is 5.69 Å². The molecule has 1 N–H and O–H groups in total. The van der Waals surface area contributed by atoms with Gasteiger partial charge in [-0.25, -0.2) is 4.90 Å². The summed E-state index contributed by atoms with van der Waals surface area (Å²) >= 11 is 5.70. The number of carbonyl (C=O) groups is 2. The molecule has 0 saturated carbocycles. The number of fused-ring (bicyclic) bond motifs is 2. The number of ether oxygens (including phenoxy) is 1. The molecular formula is C12H10ClNO4. The molecular weight excluding hydrogens is 258 g/mol. The van der Waals surface area contributed by atoms with Crippen molar-refractivity contribution in [3.63, 3.8) is 0 Å². The fraction of sp³-hybridized carbons (Fsp3) is 0.333. The van der Waals surface area contributed by atoms with Gasteiger partial charge in [0.05, 0.1) is 10.7 Å². The van der Waals surface area contributed by atoms with Crippen LogP contribution in [-0.4, -0.2) is 29.1 Å². The van der Waals surface area contributed by atoms with Crippen molar-refractivity contribution in [1.82, 2.24) is 0 Å². The van der Waals surface area contributed by atoms with Crippen LogP contribution in [0.15, 0.2) is 18.2 Å². The second-order valence-electron chi connectivity index (χ2n) is 4.34. The van der Waals surface area contributed by atoms with Gasteiger partial charge in [0.25, 0.3) is 11.8 Å². The van der Waals surface area contributed by atoms with Crippen LogP contribution in [0.5, 0.6) is 5.75 Å². The van der Waals surface area contributed by atoms with E-state index in [1.165, 1.54) is 18.2 Å². The second kappa shape index (κ2) is 3.96. The highest BCUT2D eigenvalue weighted by molar-refractivity contribution is 6.32. The minimum absolute atomic E-state index is 0.159. The lowest BCUT2D eigenvalue weighted by atomic mass is 10.2. The summed E-state index contributed by atoms with van der Waals surface area (Å²) in [6, 6.07) is 4.29. The molecule has 2 amide bonds. The number of nitrogens with zero attached hydrogens (tertiary/aromatic N) is 1. The average Bonchev–Trinajstić information content (AvgIpc) is 2.78. The maximum Gasteiger partial charge on any atom is 0.262 e. The first-order chi connectivity index (χ1) is 8.58. The first-order valence-corrected chi connectivity index (χ1v) is 5.97. The number of imide groups is 1. The number of phenolic OH excluding ortho intramolecular Hbond substituents is 1. The summed E-state index contributed by atoms with van der Waals surface area (Å²) in [6.07, 6.45) is 0.0208. The third-order valence-electron chi connectivity index (χ3n) is 3.20. The Morgan fingerprint density at radius 1 is 1.22 bits per heavy atom. The Kier molecular flexibility index (Phi) is 2.53. The van der Waals surface area contributed by atoms with Crippen molar-refractivity contribution < 1.29 is 19.4 Å². The van der Waals surface area contributed by atoms with Crippen LogP contribution in [0.3, 0.4) is 0 Å². The Hall–Kier alpha value is -1.59. The fourth-order valence-electron chi connectivity index (χ4n) is 2.29. The van der Waals surface area contributed by atoms with Gasteiger partial charge in [-0.1, -0.05) is 11.6 Å². The molecule has 18 heavy (non-hydrogen) atoms. The lowest BCUT2D eigenvalue weighted by Gasteiger charge is -2.29. The Balaban J connectivity index is 2.02. The summed E-state index contributed by atoms with van der Waals surface area (Å²) in [6.45, 7) is 0. The predicted molar refractivity (Wildman–Crippen MR) is 63.5 cm³/mol. The summed E-state index contributed by atoms with van der Waals surface area (Å²) < 4.78 is 5.30. The molecule has 3 rings (SSSR count). The number of aromatic hydroxyl groups is 1. The van der Waals surface area contributed by atoms with E-state index in [0.29, 0.717) is 18.5 Å². The Labute approximate surface area is 108 Å². The number of rotatable bonds is 1. The molecule has 2 unspecified atom stereocenters. The zero-order valence-corrected chi connectivity index (χ0v) is 10.1. The van der Waals surface area contributed by atoms with Crippen LogP contribution in [-0.2, 0) is 14.3 Å². The lowest BCUT2D eigenvalue weighted by molar-refractivity contribution is -0.146. The summed E-state index contributed by atoms with van der Waals surface area (Å²) in [7, 11) is 0. The van der Waals surface area contributed by atoms with Crippen LogP contribution in [0, 0.1) is 0 Å². The summed E-state index contributed by atoms with van der Waals surface area (Å²) in [4.78, 5) is 25.2. The summed E-state index contributed by atoms with van der Waals surface area (Å²) in [5.74, 6) is -0.917. The highest BCUT2D eigenvalue weighted by atomic mass is 35.5. The molecule has 0 radical (unpaired) electrons. The van der Waals surface area contributed by atoms with Gasteiger partial charge in [-0.2, -0.15) is 0 Å². The van der Waals surface area contributed by atoms with E-state index in [2.05, 4.69) is 0 Å². The Bertz CT molecular complexity index is 523. The molecule has 94 valence electrons. The van der Waals surface area contributed by atoms with Gasteiger partial charge in [-0.15, -0.1) is 0 Å². The van der Waals surface area contributed by atoms with E-state index >= 15 is 0 Å². The van der Waals surface area contributed by atoms with E-state index < -0.39 is 12.2 Å². The third kappa shape index (κ3) is 1.59. The number of amides is 2. The number of phenols is 1. The molecule has 2 bridgehead atoms. The minimum Gasteiger partial charge on any atom is -0.506 e. The van der Waals surface area contributed by atoms with Gasteiger partial charge in [-0.05, 0) is 25.0 Å². The number of anilines is 1. The highest BCUT2D eigenvalue weighted by Gasteiger charge is 2.47. The van der Waals surface area contributed by atoms with Crippen LogP contribution in [0.1, 0.15) is 12.8 Å². The minimum atomic E-state index is -0.550. The van der Waals surface area contributed by atoms with E-state index in [1.807, 2.05) is 0 Å². The van der Waals surface area contributed by atoms with Crippen molar-refractivity contribution in [2.75, 3.05) is 4.90 Å². The van der Waals surface area contributed by atoms with Crippen LogP contribution in [0.2, 0.25) is 5.02 Å². The summed E-state index contributed by atoms with van der Waals surface area (Å²) in [5, 5.41) is 9.71. The lowest BCUT2D eigenvalue weighted by Crippen LogP contribution is -2.52. The van der Waals surface area contributed by atoms with Gasteiger partial charge in [0.2, 0.25) is 0 Å². The number of hydrogen-bond acceptors (Lipinski definition) is 4. The number of morpholine rings is 1. The van der Waals surface area contributed by atoms with E-state index in [-0.39, 0.29) is 22.6 Å². The molecule has 2 heterocycles. The van der Waals surface area contributed by atoms with Crippen molar-refractivity contribution >= 4 is 29.1 Å². The van der Waals surface area contributed by atoms with Gasteiger partial charge < -0.3 is 9.84 Å². The van der Waals surface area contributed by atoms with Gasteiger partial charge in [0, 0.05) is 6.07 Å². The monoisotopic (exact) mass is 267 g/mol. The molecule has 0 aromatic heterocycles. The number of hydrogen-bond donors (Lipinski definition) is 1. The van der Waals surface area contributed by atoms with Crippen LogP contribution >= 0.6 is 11.6 Å². The van der Waals surface area contributed by atoms with E-state index in [1.54, 1.807) is 0 Å². The quantitative estimate of drug-likeness (QED) is 0.783. The predicted octanol–water partition coefficient (Wildman–Crippen LogP) is 1.47. The standard InChI is InChI=1S/C12H10ClNO4/c13-7-2-1-6(5-8(7)15)14-11(16)9-3-4-10(18-9)12(14)17/h1-2,5,9-10,15H,3-4H2. The molecule has 2 aliphatic heterocycles. The van der Waals surface area contributed by atoms with E-state index in [0.717, 1.165) is 4.90 Å². The van der Waals surface area contributed by atoms with Crippen molar-refractivity contribution in [2.45, 2.75) is 25.0 Å². The maximum absolute atomic E-state index is 12.1. The maximum atomic E-state index is 12.1. The molecule has 0 spiro atoms.